The van der Waals surface area contributed by atoms with E-state index in [1.165, 1.54) is 15.7 Å². The number of rotatable bonds is 2. The number of anilines is 1. The third kappa shape index (κ3) is 2.53. The average Bonchev–Trinajstić information content (AvgIpc) is 2.89. The lowest BCUT2D eigenvalue weighted by Crippen LogP contribution is -2.11. The van der Waals surface area contributed by atoms with Crippen molar-refractivity contribution in [3.05, 3.63) is 83.4 Å². The highest BCUT2D eigenvalue weighted by Crippen LogP contribution is 2.46. The van der Waals surface area contributed by atoms with Crippen molar-refractivity contribution in [3.63, 3.8) is 0 Å². The Bertz CT molecular complexity index is 931. The van der Waals surface area contributed by atoms with E-state index in [1.54, 1.807) is 17.8 Å². The van der Waals surface area contributed by atoms with Gasteiger partial charge < -0.3 is 4.90 Å². The first kappa shape index (κ1) is 14.1. The summed E-state index contributed by atoms with van der Waals surface area (Å²) in [5, 5.41) is 3.40. The van der Waals surface area contributed by atoms with Gasteiger partial charge in [-0.05, 0) is 22.9 Å². The molecule has 0 spiro atoms. The Labute approximate surface area is 139 Å². The van der Waals surface area contributed by atoms with Gasteiger partial charge >= 0.3 is 0 Å². The fourth-order valence-electron chi connectivity index (χ4n) is 2.78. The number of allylic oxidation sites excluding steroid dienone is 1. The molecule has 23 heavy (non-hydrogen) atoms. The zero-order valence-electron chi connectivity index (χ0n) is 12.7. The molecule has 0 radical (unpaired) electrons. The summed E-state index contributed by atoms with van der Waals surface area (Å²) in [5.74, 6) is 0.0392. The maximum Gasteiger partial charge on any atom is 0.188 e. The van der Waals surface area contributed by atoms with Gasteiger partial charge in [0.05, 0.1) is 10.7 Å². The Kier molecular flexibility index (Phi) is 3.43. The van der Waals surface area contributed by atoms with Crippen LogP contribution in [-0.4, -0.2) is 12.8 Å². The van der Waals surface area contributed by atoms with Crippen molar-refractivity contribution in [2.75, 3.05) is 11.9 Å². The van der Waals surface area contributed by atoms with Crippen molar-refractivity contribution in [1.82, 2.24) is 0 Å². The number of thioether (sulfide) groups is 1. The third-order valence-electron chi connectivity index (χ3n) is 4.05. The maximum atomic E-state index is 12.4. The molecule has 112 valence electrons. The van der Waals surface area contributed by atoms with E-state index in [-0.39, 0.29) is 5.78 Å². The molecule has 0 aromatic heterocycles. The van der Waals surface area contributed by atoms with Crippen LogP contribution in [0.5, 0.6) is 0 Å². The average molecular weight is 317 g/mol. The predicted octanol–water partition coefficient (Wildman–Crippen LogP) is 5.11. The number of carbonyl (C=O) groups is 1. The molecular formula is C20H15NOS. The monoisotopic (exact) mass is 317 g/mol. The summed E-state index contributed by atoms with van der Waals surface area (Å²) < 4.78 is 0. The second-order valence-electron chi connectivity index (χ2n) is 5.54. The van der Waals surface area contributed by atoms with Gasteiger partial charge in [-0.1, -0.05) is 66.4 Å². The molecule has 1 heterocycles. The van der Waals surface area contributed by atoms with Crippen LogP contribution in [-0.2, 0) is 0 Å². The first-order valence-corrected chi connectivity index (χ1v) is 8.29. The molecule has 0 N–H and O–H groups in total. The van der Waals surface area contributed by atoms with E-state index < -0.39 is 0 Å². The number of ketones is 1. The van der Waals surface area contributed by atoms with Gasteiger partial charge in [0.2, 0.25) is 0 Å². The minimum atomic E-state index is 0.0392. The van der Waals surface area contributed by atoms with Crippen LogP contribution in [0, 0.1) is 0 Å². The second-order valence-corrected chi connectivity index (χ2v) is 6.60. The molecule has 3 aromatic carbocycles. The van der Waals surface area contributed by atoms with Crippen molar-refractivity contribution in [2.24, 2.45) is 0 Å². The van der Waals surface area contributed by atoms with Gasteiger partial charge in [-0.3, -0.25) is 4.79 Å². The largest absolute Gasteiger partial charge is 0.338 e. The fraction of sp³-hybridized carbons (Fsp3) is 0.0500. The van der Waals surface area contributed by atoms with E-state index in [0.717, 1.165) is 16.3 Å². The van der Waals surface area contributed by atoms with Gasteiger partial charge in [-0.2, -0.15) is 0 Å². The van der Waals surface area contributed by atoms with Crippen molar-refractivity contribution in [2.45, 2.75) is 4.90 Å². The molecule has 1 aliphatic heterocycles. The molecular weight excluding hydrogens is 302 g/mol. The van der Waals surface area contributed by atoms with Gasteiger partial charge in [0.15, 0.2) is 5.78 Å². The number of nitrogens with zero attached hydrogens (tertiary/aromatic N) is 1. The summed E-state index contributed by atoms with van der Waals surface area (Å²) in [4.78, 5) is 15.7. The van der Waals surface area contributed by atoms with E-state index in [9.17, 15) is 4.79 Å². The van der Waals surface area contributed by atoms with Gasteiger partial charge in [-0.15, -0.1) is 0 Å². The minimum absolute atomic E-state index is 0.0392. The number of fused-ring (bicyclic) bond motifs is 2. The topological polar surface area (TPSA) is 20.3 Å². The van der Waals surface area contributed by atoms with E-state index >= 15 is 0 Å². The number of hydrogen-bond acceptors (Lipinski definition) is 3. The van der Waals surface area contributed by atoms with Crippen molar-refractivity contribution in [3.8, 4) is 0 Å². The number of hydrogen-bond donors (Lipinski definition) is 0. The summed E-state index contributed by atoms with van der Waals surface area (Å²) in [7, 11) is 2.01. The quantitative estimate of drug-likeness (QED) is 0.484. The number of carbonyl (C=O) groups excluding carboxylic acids is 1. The summed E-state index contributed by atoms with van der Waals surface area (Å²) in [6, 6.07) is 22.1. The maximum absolute atomic E-state index is 12.4. The van der Waals surface area contributed by atoms with E-state index in [4.69, 9.17) is 0 Å². The van der Waals surface area contributed by atoms with Gasteiger partial charge in [0.25, 0.3) is 0 Å². The standard InChI is InChI=1S/C20H15NOS/c1-21-17-11-15-9-5-6-10-16(15)12-19(17)23-20(21)13-18(22)14-7-3-2-4-8-14/h2-13H,1H3. The lowest BCUT2D eigenvalue weighted by atomic mass is 10.1. The molecule has 3 heteroatoms. The zero-order valence-corrected chi connectivity index (χ0v) is 13.5. The highest BCUT2D eigenvalue weighted by molar-refractivity contribution is 8.03. The van der Waals surface area contributed by atoms with Crippen LogP contribution in [0.1, 0.15) is 10.4 Å². The molecule has 0 aliphatic carbocycles. The van der Waals surface area contributed by atoms with E-state index in [1.807, 2.05) is 49.5 Å². The summed E-state index contributed by atoms with van der Waals surface area (Å²) in [6.07, 6.45) is 1.73. The molecule has 2 nitrogen and oxygen atoms in total. The van der Waals surface area contributed by atoms with Crippen molar-refractivity contribution < 1.29 is 4.79 Å². The SMILES string of the molecule is CN1C(=CC(=O)c2ccccc2)Sc2cc3ccccc3cc21. The number of benzene rings is 3. The summed E-state index contributed by atoms with van der Waals surface area (Å²) in [5.41, 5.74) is 1.87. The molecule has 0 unspecified atom stereocenters. The predicted molar refractivity (Wildman–Crippen MR) is 97.1 cm³/mol. The van der Waals surface area contributed by atoms with Crippen LogP contribution >= 0.6 is 11.8 Å². The molecule has 0 saturated carbocycles. The Morgan fingerprint density at radius 1 is 0.957 bits per heavy atom. The Hall–Kier alpha value is -2.52. The first-order chi connectivity index (χ1) is 11.2. The summed E-state index contributed by atoms with van der Waals surface area (Å²) >= 11 is 1.65. The van der Waals surface area contributed by atoms with Gasteiger partial charge in [0, 0.05) is 23.6 Å². The molecule has 0 saturated heterocycles. The molecule has 0 bridgehead atoms. The van der Waals surface area contributed by atoms with Crippen molar-refractivity contribution >= 4 is 34.0 Å². The minimum Gasteiger partial charge on any atom is -0.338 e. The van der Waals surface area contributed by atoms with Crippen molar-refractivity contribution in [1.29, 1.82) is 0 Å². The summed E-state index contributed by atoms with van der Waals surface area (Å²) in [6.45, 7) is 0. The molecule has 0 fully saturated rings. The molecule has 4 rings (SSSR count). The molecule has 3 aromatic rings. The van der Waals surface area contributed by atoms with E-state index in [2.05, 4.69) is 29.2 Å². The highest BCUT2D eigenvalue weighted by Gasteiger charge is 2.23. The van der Waals surface area contributed by atoms with E-state index in [0.29, 0.717) is 0 Å². The smallest absolute Gasteiger partial charge is 0.188 e. The lowest BCUT2D eigenvalue weighted by Gasteiger charge is -2.13. The normalized spacial score (nSPS) is 15.2. The Balaban J connectivity index is 1.71. The third-order valence-corrected chi connectivity index (χ3v) is 5.19. The lowest BCUT2D eigenvalue weighted by molar-refractivity contribution is 0.104. The van der Waals surface area contributed by atoms with Gasteiger partial charge in [0.1, 0.15) is 0 Å². The Morgan fingerprint density at radius 3 is 2.35 bits per heavy atom. The van der Waals surface area contributed by atoms with Crippen LogP contribution in [0.4, 0.5) is 5.69 Å². The molecule has 0 amide bonds. The zero-order chi connectivity index (χ0) is 15.8. The molecule has 1 aliphatic rings. The van der Waals surface area contributed by atoms with Crippen LogP contribution in [0.3, 0.4) is 0 Å². The van der Waals surface area contributed by atoms with Crippen LogP contribution in [0.15, 0.2) is 82.7 Å². The first-order valence-electron chi connectivity index (χ1n) is 7.48. The molecule has 0 atom stereocenters. The van der Waals surface area contributed by atoms with Gasteiger partial charge in [-0.25, -0.2) is 0 Å². The second kappa shape index (κ2) is 5.60. The van der Waals surface area contributed by atoms with Crippen LogP contribution in [0.25, 0.3) is 10.8 Å². The Morgan fingerprint density at radius 2 is 1.61 bits per heavy atom. The van der Waals surface area contributed by atoms with Crippen LogP contribution < -0.4 is 4.90 Å². The fourth-order valence-corrected chi connectivity index (χ4v) is 3.89. The highest BCUT2D eigenvalue weighted by atomic mass is 32.2. The van der Waals surface area contributed by atoms with Crippen LogP contribution in [0.2, 0.25) is 0 Å².